The van der Waals surface area contributed by atoms with Crippen LogP contribution >= 0.6 is 11.3 Å². The van der Waals surface area contributed by atoms with Gasteiger partial charge in [0.1, 0.15) is 0 Å². The number of halogens is 2. The van der Waals surface area contributed by atoms with Gasteiger partial charge in [0.25, 0.3) is 0 Å². The van der Waals surface area contributed by atoms with Gasteiger partial charge < -0.3 is 26.6 Å². The van der Waals surface area contributed by atoms with Crippen molar-refractivity contribution in [1.29, 1.82) is 0 Å². The van der Waals surface area contributed by atoms with Crippen molar-refractivity contribution < 1.29 is 35.5 Å². The lowest BCUT2D eigenvalue weighted by Crippen LogP contribution is -3.00. The number of hydrogen-bond acceptors (Lipinski definition) is 3. The van der Waals surface area contributed by atoms with Gasteiger partial charge >= 0.3 is 0 Å². The summed E-state index contributed by atoms with van der Waals surface area (Å²) in [5.74, 6) is -0.0433. The van der Waals surface area contributed by atoms with Crippen LogP contribution in [-0.2, 0) is 17.8 Å². The molecule has 1 amide bonds. The molecule has 7 heteroatoms. The summed E-state index contributed by atoms with van der Waals surface area (Å²) in [5.41, 5.74) is 4.96. The fraction of sp³-hybridized carbons (Fsp3) is 0.529. The third kappa shape index (κ3) is 13.5. The van der Waals surface area contributed by atoms with Crippen LogP contribution in [0.4, 0.5) is 10.1 Å². The lowest BCUT2D eigenvalue weighted by atomic mass is 10.1. The second-order valence-corrected chi connectivity index (χ2v) is 11.5. The van der Waals surface area contributed by atoms with Crippen LogP contribution in [0.25, 0.3) is 0 Å². The van der Waals surface area contributed by atoms with E-state index >= 15 is 0 Å². The summed E-state index contributed by atoms with van der Waals surface area (Å²) < 4.78 is 22.5. The van der Waals surface area contributed by atoms with Crippen LogP contribution in [0.5, 0.6) is 5.75 Å². The fourth-order valence-corrected chi connectivity index (χ4v) is 5.59. The third-order valence-electron chi connectivity index (χ3n) is 7.40. The van der Waals surface area contributed by atoms with Gasteiger partial charge in [-0.15, -0.1) is 0 Å². The SMILES string of the molecule is CCCCCCCCCCCCCCOc1ccc(CCN(C(C)=O)c2ccc(C[n+]3ccsc3)cc2)cc1F.[Br-]. The summed E-state index contributed by atoms with van der Waals surface area (Å²) in [4.78, 5) is 14.1. The van der Waals surface area contributed by atoms with Crippen molar-refractivity contribution in [1.82, 2.24) is 0 Å². The first kappa shape index (κ1) is 34.9. The molecule has 2 aromatic carbocycles. The first-order chi connectivity index (χ1) is 19.6. The van der Waals surface area contributed by atoms with E-state index in [1.807, 2.05) is 23.6 Å². The van der Waals surface area contributed by atoms with E-state index in [0.29, 0.717) is 25.3 Å². The van der Waals surface area contributed by atoms with Crippen LogP contribution in [0.15, 0.2) is 59.6 Å². The van der Waals surface area contributed by atoms with Gasteiger partial charge in [-0.3, -0.25) is 4.79 Å². The summed E-state index contributed by atoms with van der Waals surface area (Å²) in [6.07, 6.45) is 18.1. The van der Waals surface area contributed by atoms with E-state index in [-0.39, 0.29) is 28.7 Å². The Balaban J connectivity index is 0.00000588. The van der Waals surface area contributed by atoms with E-state index in [4.69, 9.17) is 4.74 Å². The molecular formula is C34H48BrFN2O2S. The van der Waals surface area contributed by atoms with Gasteiger partial charge in [-0.05, 0) is 42.7 Å². The molecule has 0 saturated heterocycles. The predicted molar refractivity (Wildman–Crippen MR) is 165 cm³/mol. The maximum atomic E-state index is 14.7. The Hall–Kier alpha value is -2.25. The molecule has 1 heterocycles. The number of anilines is 1. The molecule has 0 unspecified atom stereocenters. The number of rotatable bonds is 20. The second kappa shape index (κ2) is 20.6. The van der Waals surface area contributed by atoms with Gasteiger partial charge in [-0.1, -0.05) is 107 Å². The molecule has 1 aromatic heterocycles. The molecule has 0 atom stereocenters. The summed E-state index contributed by atoms with van der Waals surface area (Å²) >= 11 is 1.66. The summed E-state index contributed by atoms with van der Waals surface area (Å²) in [7, 11) is 0. The quantitative estimate of drug-likeness (QED) is 0.113. The van der Waals surface area contributed by atoms with E-state index in [1.54, 1.807) is 29.2 Å². The monoisotopic (exact) mass is 646 g/mol. The molecule has 4 nitrogen and oxygen atoms in total. The van der Waals surface area contributed by atoms with Crippen molar-refractivity contribution in [2.75, 3.05) is 18.1 Å². The normalized spacial score (nSPS) is 10.8. The third-order valence-corrected chi connectivity index (χ3v) is 8.07. The predicted octanol–water partition coefficient (Wildman–Crippen LogP) is 5.90. The fourth-order valence-electron chi connectivity index (χ4n) is 5.00. The average molecular weight is 648 g/mol. The number of carbonyl (C=O) groups excluding carboxylic acids is 1. The Bertz CT molecular complexity index is 1110. The van der Waals surface area contributed by atoms with Crippen molar-refractivity contribution in [3.8, 4) is 5.75 Å². The molecule has 3 rings (SSSR count). The maximum Gasteiger partial charge on any atom is 0.224 e. The van der Waals surface area contributed by atoms with Gasteiger partial charge in [-0.25, -0.2) is 4.39 Å². The Kier molecular flexibility index (Phi) is 17.6. The molecule has 0 radical (unpaired) electrons. The number of benzene rings is 2. The first-order valence-electron chi connectivity index (χ1n) is 15.3. The van der Waals surface area contributed by atoms with E-state index in [0.717, 1.165) is 30.6 Å². The van der Waals surface area contributed by atoms with Crippen LogP contribution in [0.1, 0.15) is 102 Å². The van der Waals surface area contributed by atoms with Crippen LogP contribution in [-0.4, -0.2) is 19.1 Å². The van der Waals surface area contributed by atoms with Crippen LogP contribution < -0.4 is 31.2 Å². The average Bonchev–Trinajstić information content (AvgIpc) is 3.46. The van der Waals surface area contributed by atoms with Gasteiger partial charge in [0, 0.05) is 24.7 Å². The minimum atomic E-state index is -0.332. The molecule has 0 bridgehead atoms. The molecular weight excluding hydrogens is 599 g/mol. The lowest BCUT2D eigenvalue weighted by Gasteiger charge is -2.21. The Labute approximate surface area is 261 Å². The molecule has 226 valence electrons. The Morgan fingerprint density at radius 3 is 2.05 bits per heavy atom. The number of thiazole rings is 1. The summed E-state index contributed by atoms with van der Waals surface area (Å²) in [6.45, 7) is 5.68. The Morgan fingerprint density at radius 1 is 0.878 bits per heavy atom. The zero-order valence-corrected chi connectivity index (χ0v) is 27.4. The zero-order chi connectivity index (χ0) is 28.4. The zero-order valence-electron chi connectivity index (χ0n) is 25.0. The highest BCUT2D eigenvalue weighted by molar-refractivity contribution is 7.07. The summed E-state index contributed by atoms with van der Waals surface area (Å²) in [6, 6.07) is 13.2. The number of nitrogens with zero attached hydrogens (tertiary/aromatic N) is 2. The smallest absolute Gasteiger partial charge is 0.224 e. The molecule has 0 N–H and O–H groups in total. The first-order valence-corrected chi connectivity index (χ1v) is 16.2. The minimum absolute atomic E-state index is 0. The molecule has 0 aliphatic heterocycles. The van der Waals surface area contributed by atoms with Crippen LogP contribution in [0, 0.1) is 5.82 Å². The standard InChI is InChI=1S/C34H48FN2O2S.BrH/c1-3-4-5-6-7-8-9-10-11-12-13-14-24-39-34-20-17-30(26-33(34)35)21-22-37(29(2)38)32-18-15-31(16-19-32)27-36-23-25-40-28-36;/h15-20,23,25-26,28H,3-14,21-22,24,27H2,1-2H3;1H/q+1;/p-1. The van der Waals surface area contributed by atoms with Crippen LogP contribution in [0.2, 0.25) is 0 Å². The highest BCUT2D eigenvalue weighted by Gasteiger charge is 2.13. The van der Waals surface area contributed by atoms with Crippen molar-refractivity contribution in [2.24, 2.45) is 0 Å². The van der Waals surface area contributed by atoms with Gasteiger partial charge in [0.05, 0.1) is 12.0 Å². The number of aromatic nitrogens is 1. The number of ether oxygens (including phenoxy) is 1. The lowest BCUT2D eigenvalue weighted by molar-refractivity contribution is -0.683. The highest BCUT2D eigenvalue weighted by Crippen LogP contribution is 2.21. The number of hydrogen-bond donors (Lipinski definition) is 0. The van der Waals surface area contributed by atoms with Crippen LogP contribution in [0.3, 0.4) is 0 Å². The van der Waals surface area contributed by atoms with E-state index in [1.165, 1.54) is 75.8 Å². The molecule has 0 aliphatic carbocycles. The van der Waals surface area contributed by atoms with Gasteiger partial charge in [-0.2, -0.15) is 4.57 Å². The van der Waals surface area contributed by atoms with Gasteiger partial charge in [0.15, 0.2) is 24.3 Å². The van der Waals surface area contributed by atoms with Gasteiger partial charge in [0.2, 0.25) is 11.4 Å². The van der Waals surface area contributed by atoms with E-state index in [9.17, 15) is 9.18 Å². The largest absolute Gasteiger partial charge is 1.00 e. The molecule has 0 saturated carbocycles. The minimum Gasteiger partial charge on any atom is -1.00 e. The molecule has 0 aliphatic rings. The van der Waals surface area contributed by atoms with Crippen molar-refractivity contribution in [2.45, 2.75) is 104 Å². The summed E-state index contributed by atoms with van der Waals surface area (Å²) in [5, 5.41) is 2.05. The van der Waals surface area contributed by atoms with E-state index < -0.39 is 0 Å². The molecule has 0 fully saturated rings. The molecule has 0 spiro atoms. The number of unbranched alkanes of at least 4 members (excludes halogenated alkanes) is 11. The maximum absolute atomic E-state index is 14.7. The molecule has 3 aromatic rings. The Morgan fingerprint density at radius 2 is 1.49 bits per heavy atom. The van der Waals surface area contributed by atoms with E-state index in [2.05, 4.69) is 35.3 Å². The number of carbonyl (C=O) groups is 1. The number of amides is 1. The van der Waals surface area contributed by atoms with Crippen molar-refractivity contribution in [3.63, 3.8) is 0 Å². The van der Waals surface area contributed by atoms with Crippen molar-refractivity contribution in [3.05, 3.63) is 76.5 Å². The molecule has 41 heavy (non-hydrogen) atoms. The second-order valence-electron chi connectivity index (χ2n) is 10.8. The van der Waals surface area contributed by atoms with Crippen molar-refractivity contribution >= 4 is 22.9 Å². The topological polar surface area (TPSA) is 33.4 Å². The highest BCUT2D eigenvalue weighted by atomic mass is 79.9.